The summed E-state index contributed by atoms with van der Waals surface area (Å²) in [5, 5.41) is 5.93. The average molecular weight is 400 g/mol. The van der Waals surface area contributed by atoms with Gasteiger partial charge in [-0.15, -0.1) is 0 Å². The summed E-state index contributed by atoms with van der Waals surface area (Å²) in [4.78, 5) is 25.2. The Hall–Kier alpha value is -1.60. The van der Waals surface area contributed by atoms with E-state index < -0.39 is 0 Å². The Labute approximate surface area is 152 Å². The first kappa shape index (κ1) is 20.4. The maximum Gasteiger partial charge on any atom is 0.239 e. The number of nitrogens with one attached hydrogen (secondary N) is 2. The Balaban J connectivity index is 2.48. The standard InChI is InChI=1S/C17H26BrN3O3/c1-5-8-19-16(22)11-21(3)17(23)10-20-12(2)13-6-7-15(24-4)14(18)9-13/h6-7,9,12,20H,5,8,10-11H2,1-4H3,(H,19,22). The van der Waals surface area contributed by atoms with E-state index in [2.05, 4.69) is 26.6 Å². The fourth-order valence-electron chi connectivity index (χ4n) is 2.07. The van der Waals surface area contributed by atoms with E-state index in [9.17, 15) is 9.59 Å². The first-order chi connectivity index (χ1) is 11.4. The molecule has 0 saturated carbocycles. The van der Waals surface area contributed by atoms with Gasteiger partial charge < -0.3 is 20.3 Å². The van der Waals surface area contributed by atoms with E-state index in [0.29, 0.717) is 6.54 Å². The van der Waals surface area contributed by atoms with Gasteiger partial charge in [0.25, 0.3) is 0 Å². The molecule has 0 saturated heterocycles. The van der Waals surface area contributed by atoms with Gasteiger partial charge in [0, 0.05) is 19.6 Å². The molecule has 1 aromatic rings. The molecule has 1 rings (SSSR count). The van der Waals surface area contributed by atoms with E-state index in [1.165, 1.54) is 4.90 Å². The molecule has 134 valence electrons. The molecular weight excluding hydrogens is 374 g/mol. The van der Waals surface area contributed by atoms with Crippen LogP contribution in [0.3, 0.4) is 0 Å². The maximum atomic E-state index is 12.1. The number of benzene rings is 1. The zero-order chi connectivity index (χ0) is 18.1. The number of carbonyl (C=O) groups is 2. The molecule has 0 bridgehead atoms. The molecule has 0 aliphatic heterocycles. The summed E-state index contributed by atoms with van der Waals surface area (Å²) in [5.41, 5.74) is 1.04. The molecule has 0 spiro atoms. The number of rotatable bonds is 9. The van der Waals surface area contributed by atoms with Gasteiger partial charge >= 0.3 is 0 Å². The van der Waals surface area contributed by atoms with Gasteiger partial charge in [0.1, 0.15) is 5.75 Å². The molecule has 0 aromatic heterocycles. The molecule has 0 aliphatic carbocycles. The van der Waals surface area contributed by atoms with E-state index >= 15 is 0 Å². The molecule has 0 fully saturated rings. The zero-order valence-electron chi connectivity index (χ0n) is 14.7. The molecule has 6 nitrogen and oxygen atoms in total. The van der Waals surface area contributed by atoms with E-state index in [-0.39, 0.29) is 30.9 Å². The predicted octanol–water partition coefficient (Wildman–Crippen LogP) is 2.09. The van der Waals surface area contributed by atoms with Gasteiger partial charge in [-0.1, -0.05) is 13.0 Å². The summed E-state index contributed by atoms with van der Waals surface area (Å²) in [6, 6.07) is 5.79. The average Bonchev–Trinajstić information content (AvgIpc) is 2.57. The monoisotopic (exact) mass is 399 g/mol. The SMILES string of the molecule is CCCNC(=O)CN(C)C(=O)CNC(C)c1ccc(OC)c(Br)c1. The van der Waals surface area contributed by atoms with Crippen LogP contribution < -0.4 is 15.4 Å². The fraction of sp³-hybridized carbons (Fsp3) is 0.529. The lowest BCUT2D eigenvalue weighted by Crippen LogP contribution is -2.42. The molecule has 2 amide bonds. The van der Waals surface area contributed by atoms with Crippen LogP contribution in [-0.2, 0) is 9.59 Å². The van der Waals surface area contributed by atoms with Crippen molar-refractivity contribution in [3.8, 4) is 5.75 Å². The van der Waals surface area contributed by atoms with E-state index in [1.54, 1.807) is 14.2 Å². The Morgan fingerprint density at radius 2 is 2.08 bits per heavy atom. The van der Waals surface area contributed by atoms with E-state index in [4.69, 9.17) is 4.74 Å². The lowest BCUT2D eigenvalue weighted by Gasteiger charge is -2.20. The van der Waals surface area contributed by atoms with Crippen molar-refractivity contribution in [2.24, 2.45) is 0 Å². The van der Waals surface area contributed by atoms with Crippen molar-refractivity contribution in [3.63, 3.8) is 0 Å². The topological polar surface area (TPSA) is 70.7 Å². The predicted molar refractivity (Wildman–Crippen MR) is 98.0 cm³/mol. The van der Waals surface area contributed by atoms with Crippen molar-refractivity contribution in [1.29, 1.82) is 0 Å². The second-order valence-corrected chi connectivity index (χ2v) is 6.45. The lowest BCUT2D eigenvalue weighted by molar-refractivity contribution is -0.134. The molecule has 1 aromatic carbocycles. The molecule has 0 aliphatic rings. The summed E-state index contributed by atoms with van der Waals surface area (Å²) in [5.74, 6) is 0.501. The minimum atomic E-state index is -0.139. The van der Waals surface area contributed by atoms with Crippen molar-refractivity contribution >= 4 is 27.7 Å². The molecule has 1 unspecified atom stereocenters. The third kappa shape index (κ3) is 6.49. The highest BCUT2D eigenvalue weighted by Gasteiger charge is 2.14. The molecule has 24 heavy (non-hydrogen) atoms. The minimum absolute atomic E-state index is 0.00141. The number of hydrogen-bond acceptors (Lipinski definition) is 4. The number of ether oxygens (including phenoxy) is 1. The number of likely N-dealkylation sites (N-methyl/N-ethyl adjacent to an activating group) is 1. The van der Waals surface area contributed by atoms with Crippen LogP contribution in [0.1, 0.15) is 31.9 Å². The molecule has 1 atom stereocenters. The van der Waals surface area contributed by atoms with Gasteiger partial charge in [-0.05, 0) is 47.0 Å². The van der Waals surface area contributed by atoms with Crippen LogP contribution in [0.5, 0.6) is 5.75 Å². The van der Waals surface area contributed by atoms with Crippen molar-refractivity contribution in [2.45, 2.75) is 26.3 Å². The number of amides is 2. The van der Waals surface area contributed by atoms with Crippen molar-refractivity contribution in [1.82, 2.24) is 15.5 Å². The summed E-state index contributed by atoms with van der Waals surface area (Å²) in [7, 11) is 3.25. The number of carbonyl (C=O) groups excluding carboxylic acids is 2. The highest BCUT2D eigenvalue weighted by Crippen LogP contribution is 2.27. The normalized spacial score (nSPS) is 11.7. The lowest BCUT2D eigenvalue weighted by atomic mass is 10.1. The van der Waals surface area contributed by atoms with Crippen LogP contribution in [0.25, 0.3) is 0 Å². The Kier molecular flexibility index (Phi) is 8.78. The van der Waals surface area contributed by atoms with Gasteiger partial charge in [-0.25, -0.2) is 0 Å². The second-order valence-electron chi connectivity index (χ2n) is 5.60. The number of methoxy groups -OCH3 is 1. The molecule has 7 heteroatoms. The minimum Gasteiger partial charge on any atom is -0.496 e. The van der Waals surface area contributed by atoms with Crippen molar-refractivity contribution in [2.75, 3.05) is 33.8 Å². The van der Waals surface area contributed by atoms with Gasteiger partial charge in [0.05, 0.1) is 24.7 Å². The van der Waals surface area contributed by atoms with Crippen LogP contribution in [0.2, 0.25) is 0 Å². The van der Waals surface area contributed by atoms with Crippen molar-refractivity contribution in [3.05, 3.63) is 28.2 Å². The Bertz CT molecular complexity index is 566. The highest BCUT2D eigenvalue weighted by atomic mass is 79.9. The quantitative estimate of drug-likeness (QED) is 0.666. The van der Waals surface area contributed by atoms with Crippen molar-refractivity contribution < 1.29 is 14.3 Å². The number of halogens is 1. The van der Waals surface area contributed by atoms with Gasteiger partial charge in [-0.3, -0.25) is 9.59 Å². The molecule has 2 N–H and O–H groups in total. The van der Waals surface area contributed by atoms with Gasteiger partial charge in [0.2, 0.25) is 11.8 Å². The summed E-state index contributed by atoms with van der Waals surface area (Å²) in [6.45, 7) is 4.83. The van der Waals surface area contributed by atoms with Crippen LogP contribution in [0.4, 0.5) is 0 Å². The summed E-state index contributed by atoms with van der Waals surface area (Å²) in [6.07, 6.45) is 0.875. The summed E-state index contributed by atoms with van der Waals surface area (Å²) < 4.78 is 6.08. The van der Waals surface area contributed by atoms with Crippen LogP contribution >= 0.6 is 15.9 Å². The van der Waals surface area contributed by atoms with E-state index in [1.807, 2.05) is 32.0 Å². The van der Waals surface area contributed by atoms with Gasteiger partial charge in [0.15, 0.2) is 0 Å². The third-order valence-corrected chi connectivity index (χ3v) is 4.23. The number of hydrogen-bond donors (Lipinski definition) is 2. The van der Waals surface area contributed by atoms with Crippen LogP contribution in [-0.4, -0.2) is 50.5 Å². The first-order valence-electron chi connectivity index (χ1n) is 7.96. The summed E-state index contributed by atoms with van der Waals surface area (Å²) >= 11 is 3.45. The fourth-order valence-corrected chi connectivity index (χ4v) is 2.63. The number of nitrogens with zero attached hydrogens (tertiary/aromatic N) is 1. The van der Waals surface area contributed by atoms with Crippen LogP contribution in [0.15, 0.2) is 22.7 Å². The highest BCUT2D eigenvalue weighted by molar-refractivity contribution is 9.10. The smallest absolute Gasteiger partial charge is 0.239 e. The van der Waals surface area contributed by atoms with Crippen LogP contribution in [0, 0.1) is 0 Å². The second kappa shape index (κ2) is 10.3. The first-order valence-corrected chi connectivity index (χ1v) is 8.75. The molecule has 0 heterocycles. The zero-order valence-corrected chi connectivity index (χ0v) is 16.3. The third-order valence-electron chi connectivity index (χ3n) is 3.61. The molecular formula is C17H26BrN3O3. The Morgan fingerprint density at radius 3 is 2.67 bits per heavy atom. The maximum absolute atomic E-state index is 12.1. The Morgan fingerprint density at radius 1 is 1.38 bits per heavy atom. The molecule has 0 radical (unpaired) electrons. The largest absolute Gasteiger partial charge is 0.496 e. The van der Waals surface area contributed by atoms with E-state index in [0.717, 1.165) is 22.2 Å². The van der Waals surface area contributed by atoms with Gasteiger partial charge in [-0.2, -0.15) is 0 Å².